The van der Waals surface area contributed by atoms with Gasteiger partial charge in [0.05, 0.1) is 12.0 Å². The van der Waals surface area contributed by atoms with Gasteiger partial charge in [-0.2, -0.15) is 0 Å². The summed E-state index contributed by atoms with van der Waals surface area (Å²) in [4.78, 5) is 21.2. The predicted octanol–water partition coefficient (Wildman–Crippen LogP) is -0.204. The van der Waals surface area contributed by atoms with Gasteiger partial charge in [-0.1, -0.05) is 18.2 Å². The minimum atomic E-state index is -1.32. The average Bonchev–Trinajstić information content (AvgIpc) is 2.46. The van der Waals surface area contributed by atoms with Gasteiger partial charge in [0.2, 0.25) is 0 Å². The average molecular weight is 297 g/mol. The van der Waals surface area contributed by atoms with E-state index in [4.69, 9.17) is 9.84 Å². The second-order valence-corrected chi connectivity index (χ2v) is 4.02. The molecule has 0 aliphatic rings. The fourth-order valence-electron chi connectivity index (χ4n) is 1.83. The van der Waals surface area contributed by atoms with Crippen molar-refractivity contribution < 1.29 is 43.9 Å². The van der Waals surface area contributed by atoms with Crippen molar-refractivity contribution in [1.29, 1.82) is 0 Å². The molecule has 22 heavy (non-hydrogen) atoms. The van der Waals surface area contributed by atoms with E-state index in [1.807, 2.05) is 0 Å². The molecule has 0 heterocycles. The summed E-state index contributed by atoms with van der Waals surface area (Å²) in [6, 6.07) is 11.0. The van der Waals surface area contributed by atoms with Crippen LogP contribution in [0.3, 0.4) is 0 Å². The molecule has 0 unspecified atom stereocenters. The Morgan fingerprint density at radius 1 is 1.14 bits per heavy atom. The van der Waals surface area contributed by atoms with E-state index in [0.29, 0.717) is 11.3 Å². The third kappa shape index (κ3) is 4.08. The molecule has 2 aromatic carbocycles. The molecule has 7 nitrogen and oxygen atoms in total. The molecule has 0 bridgehead atoms. The number of hydrogen-bond acceptors (Lipinski definition) is 5. The minimum Gasteiger partial charge on any atom is -0.870 e. The van der Waals surface area contributed by atoms with E-state index >= 15 is 0 Å². The van der Waals surface area contributed by atoms with Crippen molar-refractivity contribution in [2.24, 2.45) is 0 Å². The Morgan fingerprint density at radius 3 is 2.14 bits per heavy atom. The van der Waals surface area contributed by atoms with Crippen molar-refractivity contribution >= 4 is 11.7 Å². The number of hydrogen-bond donors (Lipinski definition) is 1. The van der Waals surface area contributed by atoms with Crippen molar-refractivity contribution in [3.63, 3.8) is 0 Å². The van der Waals surface area contributed by atoms with Gasteiger partial charge in [0.15, 0.2) is 0 Å². The number of carbonyl (C=O) groups is 1. The van der Waals surface area contributed by atoms with E-state index in [0.717, 1.165) is 5.56 Å². The number of methoxy groups -OCH3 is 1. The van der Waals surface area contributed by atoms with E-state index in [2.05, 4.69) is 0 Å². The van der Waals surface area contributed by atoms with Crippen LogP contribution >= 0.6 is 0 Å². The monoisotopic (exact) mass is 297 g/mol. The van der Waals surface area contributed by atoms with Gasteiger partial charge in [0, 0.05) is 6.07 Å². The number of carboxylic acid groups (broad SMARTS) is 1. The van der Waals surface area contributed by atoms with Gasteiger partial charge in [0.1, 0.15) is 11.3 Å². The van der Waals surface area contributed by atoms with E-state index in [-0.39, 0.29) is 29.9 Å². The van der Waals surface area contributed by atoms with Gasteiger partial charge in [-0.25, -0.2) is 4.79 Å². The second kappa shape index (κ2) is 8.19. The second-order valence-electron chi connectivity index (χ2n) is 4.02. The Labute approximate surface area is 138 Å². The third-order valence-corrected chi connectivity index (χ3v) is 2.85. The molecule has 0 saturated carbocycles. The minimum absolute atomic E-state index is 0. The van der Waals surface area contributed by atoms with Crippen molar-refractivity contribution in [3.8, 4) is 16.9 Å². The molecule has 0 fully saturated rings. The van der Waals surface area contributed by atoms with E-state index in [1.165, 1.54) is 18.2 Å². The molecule has 0 amide bonds. The van der Waals surface area contributed by atoms with Crippen molar-refractivity contribution in [3.05, 3.63) is 58.1 Å². The van der Waals surface area contributed by atoms with Crippen LogP contribution in [0.4, 0.5) is 5.69 Å². The van der Waals surface area contributed by atoms with Crippen molar-refractivity contribution in [2.75, 3.05) is 7.11 Å². The van der Waals surface area contributed by atoms with Crippen LogP contribution in [0.1, 0.15) is 10.4 Å². The van der Waals surface area contributed by atoms with Gasteiger partial charge in [-0.05, 0) is 29.3 Å². The Hall–Kier alpha value is -2.33. The molecule has 0 atom stereocenters. The quantitative estimate of drug-likeness (QED) is 0.474. The molecule has 0 spiro atoms. The van der Waals surface area contributed by atoms with Crippen LogP contribution in [-0.4, -0.2) is 28.6 Å². The first-order valence-electron chi connectivity index (χ1n) is 5.69. The summed E-state index contributed by atoms with van der Waals surface area (Å²) in [7, 11) is 1.54. The summed E-state index contributed by atoms with van der Waals surface area (Å²) in [5.74, 6) is -0.650. The number of nitrogens with zero attached hydrogens (tertiary/aromatic N) is 1. The van der Waals surface area contributed by atoms with E-state index in [9.17, 15) is 14.9 Å². The van der Waals surface area contributed by atoms with Gasteiger partial charge < -0.3 is 15.3 Å². The van der Waals surface area contributed by atoms with E-state index < -0.39 is 16.6 Å². The maximum Gasteiger partial charge on any atom is 1.00 e. The number of benzene rings is 2. The normalized spacial score (nSPS) is 9.14. The molecule has 0 saturated heterocycles. The molecular weight excluding hydrogens is 285 g/mol. The SMILES string of the molecule is COc1ccc(-c2ccc(C(=O)O)c([N+](=O)[O-])c2)cc1.[Li+].[OH-]. The number of nitro benzene ring substituents is 1. The summed E-state index contributed by atoms with van der Waals surface area (Å²) in [5.41, 5.74) is 0.563. The molecule has 2 N–H and O–H groups in total. The standard InChI is InChI=1S/C14H11NO5.Li.H2O/c1-20-11-5-2-9(3-6-11)10-4-7-12(14(16)17)13(8-10)15(18)19;;/h2-8H,1H3,(H,16,17);;1H2/q;+1;/p-1. The first kappa shape index (κ1) is 19.7. The summed E-state index contributed by atoms with van der Waals surface area (Å²) in [5, 5.41) is 19.9. The number of carboxylic acids is 1. The molecule has 0 radical (unpaired) electrons. The van der Waals surface area contributed by atoms with E-state index in [1.54, 1.807) is 31.4 Å². The fourth-order valence-corrected chi connectivity index (χ4v) is 1.83. The maximum atomic E-state index is 10.9. The smallest absolute Gasteiger partial charge is 0.870 e. The van der Waals surface area contributed by atoms with Crippen molar-refractivity contribution in [1.82, 2.24) is 0 Å². The molecule has 0 aromatic heterocycles. The zero-order valence-electron chi connectivity index (χ0n) is 12.0. The Balaban J connectivity index is 0.00000220. The Kier molecular flexibility index (Phi) is 7.32. The maximum absolute atomic E-state index is 10.9. The fraction of sp³-hybridized carbons (Fsp3) is 0.0714. The number of ether oxygens (including phenoxy) is 1. The van der Waals surface area contributed by atoms with Gasteiger partial charge in [-0.3, -0.25) is 10.1 Å². The number of rotatable bonds is 4. The summed E-state index contributed by atoms with van der Waals surface area (Å²) < 4.78 is 5.03. The Bertz CT molecular complexity index is 672. The molecule has 0 aliphatic carbocycles. The zero-order valence-corrected chi connectivity index (χ0v) is 12.0. The van der Waals surface area contributed by atoms with Crippen LogP contribution in [-0.2, 0) is 0 Å². The molecule has 2 rings (SSSR count). The molecule has 0 aliphatic heterocycles. The van der Waals surface area contributed by atoms with Crippen LogP contribution in [0.15, 0.2) is 42.5 Å². The summed E-state index contributed by atoms with van der Waals surface area (Å²) in [6.07, 6.45) is 0. The largest absolute Gasteiger partial charge is 1.00 e. The van der Waals surface area contributed by atoms with Gasteiger partial charge in [-0.15, -0.1) is 0 Å². The zero-order chi connectivity index (χ0) is 14.7. The molecule has 2 aromatic rings. The number of aromatic carboxylic acids is 1. The van der Waals surface area contributed by atoms with Gasteiger partial charge in [0.25, 0.3) is 5.69 Å². The molecule has 8 heteroatoms. The van der Waals surface area contributed by atoms with Crippen LogP contribution in [0.25, 0.3) is 11.1 Å². The van der Waals surface area contributed by atoms with Crippen LogP contribution in [0.5, 0.6) is 5.75 Å². The number of nitro groups is 1. The van der Waals surface area contributed by atoms with Gasteiger partial charge >= 0.3 is 24.8 Å². The third-order valence-electron chi connectivity index (χ3n) is 2.85. The van der Waals surface area contributed by atoms with Crippen molar-refractivity contribution in [2.45, 2.75) is 0 Å². The first-order chi connectivity index (χ1) is 9.52. The summed E-state index contributed by atoms with van der Waals surface area (Å²) in [6.45, 7) is 0. The Morgan fingerprint density at radius 2 is 1.68 bits per heavy atom. The van der Waals surface area contributed by atoms with Crippen LogP contribution in [0, 0.1) is 10.1 Å². The summed E-state index contributed by atoms with van der Waals surface area (Å²) >= 11 is 0. The first-order valence-corrected chi connectivity index (χ1v) is 5.69. The topological polar surface area (TPSA) is 120 Å². The predicted molar refractivity (Wildman–Crippen MR) is 74.0 cm³/mol. The van der Waals surface area contributed by atoms with Crippen LogP contribution < -0.4 is 23.6 Å². The molecule has 110 valence electrons. The molecular formula is C14H12LiNO6. The van der Waals surface area contributed by atoms with Crippen LogP contribution in [0.2, 0.25) is 0 Å².